The highest BCUT2D eigenvalue weighted by Gasteiger charge is 2.27. The lowest BCUT2D eigenvalue weighted by Gasteiger charge is -2.35. The zero-order valence-electron chi connectivity index (χ0n) is 23.6. The Morgan fingerprint density at radius 1 is 1.10 bits per heavy atom. The molecule has 6 nitrogen and oxygen atoms in total. The fraction of sp³-hybridized carbons (Fsp3) is 0.452. The minimum atomic E-state index is -0.763. The smallest absolute Gasteiger partial charge is 0.260 e. The third-order valence-electron chi connectivity index (χ3n) is 7.43. The lowest BCUT2D eigenvalue weighted by Crippen LogP contribution is -2.34. The summed E-state index contributed by atoms with van der Waals surface area (Å²) in [6.07, 6.45) is 4.52. The number of carbonyl (C=O) groups excluding carboxylic acids is 2. The molecule has 3 aromatic rings. The van der Waals surface area contributed by atoms with Crippen molar-refractivity contribution in [3.8, 4) is 0 Å². The first-order valence-corrected chi connectivity index (χ1v) is 13.9. The standard InChI is InChI=1S/C31H38ClFN4O2/c1-18-16-24(36-20-12-14-31(5,6)15-13-20)21-8-7-9-23(27(21)35-18)37-28(38)25-22(32)11-10-19(26(25)33)17-34-29(39)30(2,3)4/h7-11,16,20H,12-15,17H2,1-6H3,(H,34,39)(H,35,36)(H,37,38). The Balaban J connectivity index is 1.59. The van der Waals surface area contributed by atoms with E-state index in [1.165, 1.54) is 25.0 Å². The van der Waals surface area contributed by atoms with Gasteiger partial charge in [0.1, 0.15) is 5.82 Å². The Kier molecular flexibility index (Phi) is 8.22. The number of anilines is 2. The molecule has 1 saturated carbocycles. The average molecular weight is 553 g/mol. The number of amides is 2. The van der Waals surface area contributed by atoms with Crippen molar-refractivity contribution < 1.29 is 14.0 Å². The molecule has 0 spiro atoms. The van der Waals surface area contributed by atoms with Crippen LogP contribution in [0.25, 0.3) is 10.9 Å². The van der Waals surface area contributed by atoms with Gasteiger partial charge in [0.15, 0.2) is 0 Å². The molecule has 8 heteroatoms. The highest BCUT2D eigenvalue weighted by atomic mass is 35.5. The molecular formula is C31H38ClFN4O2. The fourth-order valence-corrected chi connectivity index (χ4v) is 5.16. The van der Waals surface area contributed by atoms with E-state index >= 15 is 4.39 Å². The highest BCUT2D eigenvalue weighted by Crippen LogP contribution is 2.37. The van der Waals surface area contributed by atoms with Crippen molar-refractivity contribution in [3.05, 3.63) is 64.1 Å². The molecule has 1 aliphatic carbocycles. The number of nitrogens with one attached hydrogen (secondary N) is 3. The molecule has 2 aromatic carbocycles. The first kappa shape index (κ1) is 28.8. The molecule has 208 valence electrons. The highest BCUT2D eigenvalue weighted by molar-refractivity contribution is 6.34. The van der Waals surface area contributed by atoms with Gasteiger partial charge < -0.3 is 16.0 Å². The Morgan fingerprint density at radius 3 is 2.46 bits per heavy atom. The average Bonchev–Trinajstić information content (AvgIpc) is 2.84. The number of aryl methyl sites for hydroxylation is 1. The van der Waals surface area contributed by atoms with E-state index in [0.29, 0.717) is 22.7 Å². The van der Waals surface area contributed by atoms with E-state index in [9.17, 15) is 9.59 Å². The summed E-state index contributed by atoms with van der Waals surface area (Å²) < 4.78 is 15.5. The van der Waals surface area contributed by atoms with Crippen molar-refractivity contribution in [2.45, 2.75) is 79.8 Å². The molecular weight excluding hydrogens is 515 g/mol. The Labute approximate surface area is 235 Å². The molecule has 0 unspecified atom stereocenters. The van der Waals surface area contributed by atoms with Gasteiger partial charge in [0, 0.05) is 40.3 Å². The molecule has 39 heavy (non-hydrogen) atoms. The van der Waals surface area contributed by atoms with E-state index in [1.54, 1.807) is 26.8 Å². The number of rotatable bonds is 6. The normalized spacial score (nSPS) is 15.7. The van der Waals surface area contributed by atoms with Crippen molar-refractivity contribution in [1.29, 1.82) is 0 Å². The summed E-state index contributed by atoms with van der Waals surface area (Å²) in [5.41, 5.74) is 2.53. The lowest BCUT2D eigenvalue weighted by atomic mass is 9.75. The van der Waals surface area contributed by atoms with E-state index in [0.717, 1.165) is 29.6 Å². The molecule has 4 rings (SSSR count). The quantitative estimate of drug-likeness (QED) is 0.293. The number of hydrogen-bond donors (Lipinski definition) is 3. The van der Waals surface area contributed by atoms with Crippen LogP contribution in [0, 0.1) is 23.6 Å². The summed E-state index contributed by atoms with van der Waals surface area (Å²) in [4.78, 5) is 30.3. The van der Waals surface area contributed by atoms with E-state index in [-0.39, 0.29) is 28.6 Å². The second-order valence-electron chi connectivity index (χ2n) is 12.4. The summed E-state index contributed by atoms with van der Waals surface area (Å²) in [5, 5.41) is 10.1. The maximum Gasteiger partial charge on any atom is 0.260 e. The minimum absolute atomic E-state index is 0.0112. The van der Waals surface area contributed by atoms with Crippen LogP contribution in [-0.2, 0) is 11.3 Å². The van der Waals surface area contributed by atoms with E-state index in [2.05, 4.69) is 29.8 Å². The third-order valence-corrected chi connectivity index (χ3v) is 7.75. The van der Waals surface area contributed by atoms with Crippen molar-refractivity contribution >= 4 is 45.7 Å². The second-order valence-corrected chi connectivity index (χ2v) is 12.8. The molecule has 0 radical (unpaired) electrons. The van der Waals surface area contributed by atoms with Crippen molar-refractivity contribution in [2.24, 2.45) is 10.8 Å². The lowest BCUT2D eigenvalue weighted by molar-refractivity contribution is -0.128. The van der Waals surface area contributed by atoms with Gasteiger partial charge in [-0.25, -0.2) is 4.39 Å². The topological polar surface area (TPSA) is 83.1 Å². The number of nitrogens with zero attached hydrogens (tertiary/aromatic N) is 1. The van der Waals surface area contributed by atoms with Crippen LogP contribution in [0.4, 0.5) is 15.8 Å². The van der Waals surface area contributed by atoms with Crippen LogP contribution in [0.3, 0.4) is 0 Å². The molecule has 3 N–H and O–H groups in total. The molecule has 0 saturated heterocycles. The first-order chi connectivity index (χ1) is 18.2. The van der Waals surface area contributed by atoms with Gasteiger partial charge in [0.2, 0.25) is 5.91 Å². The number of halogens is 2. The predicted octanol–water partition coefficient (Wildman–Crippen LogP) is 7.63. The van der Waals surface area contributed by atoms with E-state index in [4.69, 9.17) is 16.6 Å². The number of pyridine rings is 1. The van der Waals surface area contributed by atoms with Gasteiger partial charge in [0.05, 0.1) is 21.8 Å². The summed E-state index contributed by atoms with van der Waals surface area (Å²) in [7, 11) is 0. The van der Waals surface area contributed by atoms with Gasteiger partial charge in [-0.1, -0.05) is 64.4 Å². The van der Waals surface area contributed by atoms with Crippen LogP contribution >= 0.6 is 11.6 Å². The van der Waals surface area contributed by atoms with Gasteiger partial charge in [-0.05, 0) is 56.2 Å². The van der Waals surface area contributed by atoms with E-state index < -0.39 is 17.1 Å². The van der Waals surface area contributed by atoms with Gasteiger partial charge >= 0.3 is 0 Å². The predicted molar refractivity (Wildman–Crippen MR) is 157 cm³/mol. The minimum Gasteiger partial charge on any atom is -0.382 e. The number of benzene rings is 2. The van der Waals surface area contributed by atoms with Crippen molar-refractivity contribution in [2.75, 3.05) is 10.6 Å². The number of hydrogen-bond acceptors (Lipinski definition) is 4. The number of carbonyl (C=O) groups is 2. The van der Waals surface area contributed by atoms with Gasteiger partial charge in [-0.3, -0.25) is 14.6 Å². The molecule has 1 aliphatic rings. The largest absolute Gasteiger partial charge is 0.382 e. The number of para-hydroxylation sites is 1. The first-order valence-electron chi connectivity index (χ1n) is 13.5. The Morgan fingerprint density at radius 2 is 1.79 bits per heavy atom. The van der Waals surface area contributed by atoms with Gasteiger partial charge in [-0.15, -0.1) is 0 Å². The third kappa shape index (κ3) is 6.70. The zero-order valence-corrected chi connectivity index (χ0v) is 24.4. The number of aromatic nitrogens is 1. The van der Waals surface area contributed by atoms with Crippen molar-refractivity contribution in [1.82, 2.24) is 10.3 Å². The Bertz CT molecular complexity index is 1400. The molecule has 1 aromatic heterocycles. The van der Waals surface area contributed by atoms with Crippen LogP contribution in [0.15, 0.2) is 36.4 Å². The van der Waals surface area contributed by atoms with Crippen LogP contribution < -0.4 is 16.0 Å². The van der Waals surface area contributed by atoms with Gasteiger partial charge in [0.25, 0.3) is 5.91 Å². The molecule has 1 fully saturated rings. The monoisotopic (exact) mass is 552 g/mol. The van der Waals surface area contributed by atoms with E-state index in [1.807, 2.05) is 25.1 Å². The Hall–Kier alpha value is -3.19. The van der Waals surface area contributed by atoms with Crippen molar-refractivity contribution in [3.63, 3.8) is 0 Å². The van der Waals surface area contributed by atoms with Crippen LogP contribution in [0.5, 0.6) is 0 Å². The summed E-state index contributed by atoms with van der Waals surface area (Å²) in [6, 6.07) is 10.9. The molecule has 0 aliphatic heterocycles. The molecule has 0 atom stereocenters. The summed E-state index contributed by atoms with van der Waals surface area (Å²) >= 11 is 6.28. The van der Waals surface area contributed by atoms with Crippen LogP contribution in [-0.4, -0.2) is 22.8 Å². The zero-order chi connectivity index (χ0) is 28.5. The van der Waals surface area contributed by atoms with Crippen LogP contribution in [0.2, 0.25) is 5.02 Å². The second kappa shape index (κ2) is 11.1. The molecule has 1 heterocycles. The molecule has 2 amide bonds. The summed E-state index contributed by atoms with van der Waals surface area (Å²) in [6.45, 7) is 11.8. The SMILES string of the molecule is Cc1cc(NC2CCC(C)(C)CC2)c2cccc(NC(=O)c3c(Cl)ccc(CNC(=O)C(C)(C)C)c3F)c2n1. The summed E-state index contributed by atoms with van der Waals surface area (Å²) in [5.74, 6) is -1.66. The van der Waals surface area contributed by atoms with Gasteiger partial charge in [-0.2, -0.15) is 0 Å². The maximum atomic E-state index is 15.5. The molecule has 0 bridgehead atoms. The fourth-order valence-electron chi connectivity index (χ4n) is 4.93. The maximum absolute atomic E-state index is 15.5. The van der Waals surface area contributed by atoms with Crippen LogP contribution in [0.1, 0.15) is 81.9 Å². The number of fused-ring (bicyclic) bond motifs is 1.